The van der Waals surface area contributed by atoms with E-state index in [1.807, 2.05) is 31.2 Å². The first-order valence-electron chi connectivity index (χ1n) is 6.31. The van der Waals surface area contributed by atoms with Crippen LogP contribution in [0.2, 0.25) is 0 Å². The highest BCUT2D eigenvalue weighted by atomic mass is 35.5. The van der Waals surface area contributed by atoms with Gasteiger partial charge >= 0.3 is 0 Å². The first-order chi connectivity index (χ1) is 9.65. The Kier molecular flexibility index (Phi) is 3.36. The van der Waals surface area contributed by atoms with Crippen molar-refractivity contribution in [3.63, 3.8) is 0 Å². The lowest BCUT2D eigenvalue weighted by atomic mass is 10.0. The first-order valence-corrected chi connectivity index (χ1v) is 6.74. The highest BCUT2D eigenvalue weighted by Gasteiger charge is 2.14. The van der Waals surface area contributed by atoms with Crippen LogP contribution in [0.5, 0.6) is 0 Å². The maximum atomic E-state index is 13.4. The molecular formula is C16H12ClFN2. The van der Waals surface area contributed by atoms with Crippen LogP contribution in [0.3, 0.4) is 0 Å². The largest absolute Gasteiger partial charge is 0.256 e. The number of halogens is 2. The molecule has 4 heteroatoms. The standard InChI is InChI=1S/C16H12ClFN2/c1-10(17)16-13(15-4-2-3-7-19-15)9-11-8-12(18)5-6-14(11)20-16/h2-10H,1H3. The lowest BCUT2D eigenvalue weighted by molar-refractivity contribution is 0.629. The van der Waals surface area contributed by atoms with Gasteiger partial charge in [0.15, 0.2) is 0 Å². The van der Waals surface area contributed by atoms with E-state index >= 15 is 0 Å². The molecule has 2 nitrogen and oxygen atoms in total. The molecular weight excluding hydrogens is 275 g/mol. The molecule has 0 saturated heterocycles. The second-order valence-electron chi connectivity index (χ2n) is 4.59. The van der Waals surface area contributed by atoms with E-state index in [4.69, 9.17) is 11.6 Å². The number of hydrogen-bond donors (Lipinski definition) is 0. The third-order valence-electron chi connectivity index (χ3n) is 3.12. The molecule has 1 atom stereocenters. The summed E-state index contributed by atoms with van der Waals surface area (Å²) in [5.41, 5.74) is 3.11. The van der Waals surface area contributed by atoms with Crippen LogP contribution in [0.25, 0.3) is 22.2 Å². The van der Waals surface area contributed by atoms with E-state index in [2.05, 4.69) is 9.97 Å². The van der Waals surface area contributed by atoms with E-state index in [-0.39, 0.29) is 11.2 Å². The molecule has 0 N–H and O–H groups in total. The maximum absolute atomic E-state index is 13.4. The molecule has 0 amide bonds. The second-order valence-corrected chi connectivity index (χ2v) is 5.24. The van der Waals surface area contributed by atoms with Crippen molar-refractivity contribution < 1.29 is 4.39 Å². The predicted octanol–water partition coefficient (Wildman–Crippen LogP) is 4.74. The average Bonchev–Trinajstić information content (AvgIpc) is 2.46. The quantitative estimate of drug-likeness (QED) is 0.636. The number of nitrogens with zero attached hydrogens (tertiary/aromatic N) is 2. The second kappa shape index (κ2) is 5.17. The van der Waals surface area contributed by atoms with Crippen molar-refractivity contribution >= 4 is 22.5 Å². The fraction of sp³-hybridized carbons (Fsp3) is 0.125. The van der Waals surface area contributed by atoms with Gasteiger partial charge in [0, 0.05) is 17.1 Å². The number of aromatic nitrogens is 2. The monoisotopic (exact) mass is 286 g/mol. The molecule has 100 valence electrons. The Labute approximate surface area is 121 Å². The van der Waals surface area contributed by atoms with Crippen LogP contribution < -0.4 is 0 Å². The normalized spacial score (nSPS) is 12.6. The minimum Gasteiger partial charge on any atom is -0.256 e. The van der Waals surface area contributed by atoms with Crippen LogP contribution >= 0.6 is 11.6 Å². The van der Waals surface area contributed by atoms with Gasteiger partial charge in [-0.15, -0.1) is 11.6 Å². The van der Waals surface area contributed by atoms with Gasteiger partial charge in [-0.25, -0.2) is 4.39 Å². The van der Waals surface area contributed by atoms with E-state index < -0.39 is 0 Å². The molecule has 0 aliphatic rings. The zero-order valence-electron chi connectivity index (χ0n) is 10.8. The number of hydrogen-bond acceptors (Lipinski definition) is 2. The molecule has 1 unspecified atom stereocenters. The van der Waals surface area contributed by atoms with Crippen molar-refractivity contribution in [2.75, 3.05) is 0 Å². The summed E-state index contributed by atoms with van der Waals surface area (Å²) in [5.74, 6) is -0.280. The van der Waals surface area contributed by atoms with Crippen molar-refractivity contribution in [1.29, 1.82) is 0 Å². The molecule has 0 aliphatic heterocycles. The Bertz CT molecular complexity index is 757. The van der Waals surface area contributed by atoms with Gasteiger partial charge in [-0.1, -0.05) is 6.07 Å². The molecule has 1 aromatic carbocycles. The number of fused-ring (bicyclic) bond motifs is 1. The minimum atomic E-state index is -0.280. The molecule has 0 aliphatic carbocycles. The first kappa shape index (κ1) is 13.0. The molecule has 3 rings (SSSR count). The van der Waals surface area contributed by atoms with Gasteiger partial charge in [-0.05, 0) is 43.3 Å². The zero-order valence-corrected chi connectivity index (χ0v) is 11.6. The number of pyridine rings is 2. The molecule has 0 bridgehead atoms. The lowest BCUT2D eigenvalue weighted by Gasteiger charge is -2.12. The molecule has 2 aromatic heterocycles. The summed E-state index contributed by atoms with van der Waals surface area (Å²) in [6, 6.07) is 12.1. The maximum Gasteiger partial charge on any atom is 0.123 e. The van der Waals surface area contributed by atoms with Crippen LogP contribution in [-0.4, -0.2) is 9.97 Å². The number of rotatable bonds is 2. The van der Waals surface area contributed by atoms with Gasteiger partial charge in [0.1, 0.15) is 5.82 Å². The van der Waals surface area contributed by atoms with Crippen molar-refractivity contribution in [3.05, 3.63) is 60.2 Å². The summed E-state index contributed by atoms with van der Waals surface area (Å²) in [5, 5.41) is 0.494. The van der Waals surface area contributed by atoms with E-state index in [9.17, 15) is 4.39 Å². The molecule has 0 spiro atoms. The Morgan fingerprint density at radius 1 is 1.15 bits per heavy atom. The molecule has 0 radical (unpaired) electrons. The molecule has 2 heterocycles. The van der Waals surface area contributed by atoms with E-state index in [1.54, 1.807) is 12.3 Å². The summed E-state index contributed by atoms with van der Waals surface area (Å²) in [7, 11) is 0. The topological polar surface area (TPSA) is 25.8 Å². The Morgan fingerprint density at radius 3 is 2.70 bits per heavy atom. The van der Waals surface area contributed by atoms with Crippen molar-refractivity contribution in [2.24, 2.45) is 0 Å². The minimum absolute atomic E-state index is 0.249. The Morgan fingerprint density at radius 2 is 2.00 bits per heavy atom. The third kappa shape index (κ3) is 2.37. The summed E-state index contributed by atoms with van der Waals surface area (Å²) >= 11 is 6.23. The van der Waals surface area contributed by atoms with Gasteiger partial charge in [0.05, 0.1) is 22.3 Å². The number of alkyl halides is 1. The van der Waals surface area contributed by atoms with Crippen molar-refractivity contribution in [1.82, 2.24) is 9.97 Å². The van der Waals surface area contributed by atoms with E-state index in [0.29, 0.717) is 0 Å². The Hall–Kier alpha value is -2.00. The molecule has 0 fully saturated rings. The highest BCUT2D eigenvalue weighted by molar-refractivity contribution is 6.21. The van der Waals surface area contributed by atoms with Gasteiger partial charge in [-0.2, -0.15) is 0 Å². The van der Waals surface area contributed by atoms with Crippen LogP contribution in [0.1, 0.15) is 18.0 Å². The van der Waals surface area contributed by atoms with Crippen LogP contribution in [0.15, 0.2) is 48.7 Å². The van der Waals surface area contributed by atoms with Crippen molar-refractivity contribution in [2.45, 2.75) is 12.3 Å². The van der Waals surface area contributed by atoms with E-state index in [0.717, 1.165) is 27.9 Å². The molecule has 0 saturated carbocycles. The highest BCUT2D eigenvalue weighted by Crippen LogP contribution is 2.31. The summed E-state index contributed by atoms with van der Waals surface area (Å²) in [6.07, 6.45) is 1.72. The SMILES string of the molecule is CC(Cl)c1nc2ccc(F)cc2cc1-c1ccccn1. The summed E-state index contributed by atoms with van der Waals surface area (Å²) < 4.78 is 13.4. The molecule has 20 heavy (non-hydrogen) atoms. The average molecular weight is 287 g/mol. The van der Waals surface area contributed by atoms with Gasteiger partial charge in [0.25, 0.3) is 0 Å². The number of benzene rings is 1. The van der Waals surface area contributed by atoms with Gasteiger partial charge in [-0.3, -0.25) is 9.97 Å². The van der Waals surface area contributed by atoms with Crippen molar-refractivity contribution in [3.8, 4) is 11.3 Å². The van der Waals surface area contributed by atoms with Gasteiger partial charge in [0.2, 0.25) is 0 Å². The van der Waals surface area contributed by atoms with Crippen LogP contribution in [0.4, 0.5) is 4.39 Å². The zero-order chi connectivity index (χ0) is 14.1. The lowest BCUT2D eigenvalue weighted by Crippen LogP contribution is -1.97. The summed E-state index contributed by atoms with van der Waals surface area (Å²) in [6.45, 7) is 1.87. The Balaban J connectivity index is 2.30. The third-order valence-corrected chi connectivity index (χ3v) is 3.33. The predicted molar refractivity (Wildman–Crippen MR) is 79.2 cm³/mol. The van der Waals surface area contributed by atoms with Crippen LogP contribution in [0, 0.1) is 5.82 Å². The van der Waals surface area contributed by atoms with Crippen LogP contribution in [-0.2, 0) is 0 Å². The van der Waals surface area contributed by atoms with Gasteiger partial charge < -0.3 is 0 Å². The van der Waals surface area contributed by atoms with E-state index in [1.165, 1.54) is 12.1 Å². The smallest absolute Gasteiger partial charge is 0.123 e. The molecule has 3 aromatic rings. The summed E-state index contributed by atoms with van der Waals surface area (Å²) in [4.78, 5) is 8.88. The fourth-order valence-electron chi connectivity index (χ4n) is 2.19. The fourth-order valence-corrected chi connectivity index (χ4v) is 2.36.